The monoisotopic (exact) mass is 260 g/mol. The van der Waals surface area contributed by atoms with E-state index in [1.807, 2.05) is 0 Å². The van der Waals surface area contributed by atoms with Gasteiger partial charge in [0.25, 0.3) is 0 Å². The lowest BCUT2D eigenvalue weighted by Crippen LogP contribution is -2.18. The third-order valence-corrected chi connectivity index (χ3v) is 3.90. The average molecular weight is 260 g/mol. The Morgan fingerprint density at radius 1 is 1.26 bits per heavy atom. The van der Waals surface area contributed by atoms with Gasteiger partial charge in [0.15, 0.2) is 0 Å². The summed E-state index contributed by atoms with van der Waals surface area (Å²) >= 11 is 0. The Labute approximate surface area is 115 Å². The first-order chi connectivity index (χ1) is 8.99. The normalized spacial score (nSPS) is 13.2. The van der Waals surface area contributed by atoms with Gasteiger partial charge in [-0.3, -0.25) is 0 Å². The molecule has 2 aromatic rings. The van der Waals surface area contributed by atoms with Gasteiger partial charge in [0.05, 0.1) is 12.6 Å². The molecule has 0 saturated heterocycles. The van der Waals surface area contributed by atoms with Crippen LogP contribution in [0.2, 0.25) is 0 Å². The number of hydrogen-bond acceptors (Lipinski definition) is 2. The lowest BCUT2D eigenvalue weighted by molar-refractivity contribution is 0.418. The van der Waals surface area contributed by atoms with Gasteiger partial charge in [-0.2, -0.15) is 0 Å². The van der Waals surface area contributed by atoms with Crippen molar-refractivity contribution in [1.82, 2.24) is 4.98 Å². The Morgan fingerprint density at radius 2 is 1.95 bits per heavy atom. The number of aromatic amines is 1. The molecule has 104 valence electrons. The minimum atomic E-state index is 0.375. The van der Waals surface area contributed by atoms with Crippen LogP contribution in [-0.2, 0) is 0 Å². The summed E-state index contributed by atoms with van der Waals surface area (Å²) < 4.78 is 5.49. The molecule has 0 aliphatic rings. The van der Waals surface area contributed by atoms with Gasteiger partial charge in [0.1, 0.15) is 5.75 Å². The van der Waals surface area contributed by atoms with Crippen LogP contribution in [0.5, 0.6) is 5.75 Å². The van der Waals surface area contributed by atoms with Crippen molar-refractivity contribution >= 4 is 10.9 Å². The van der Waals surface area contributed by atoms with E-state index in [2.05, 4.69) is 44.8 Å². The van der Waals surface area contributed by atoms with Crippen molar-refractivity contribution in [3.05, 3.63) is 29.0 Å². The number of fused-ring (bicyclic) bond motifs is 1. The molecule has 0 aliphatic heterocycles. The first-order valence-electron chi connectivity index (χ1n) is 6.86. The number of methoxy groups -OCH3 is 1. The van der Waals surface area contributed by atoms with Gasteiger partial charge in [-0.1, -0.05) is 13.8 Å². The van der Waals surface area contributed by atoms with E-state index in [-0.39, 0.29) is 0 Å². The van der Waals surface area contributed by atoms with Crippen molar-refractivity contribution in [2.75, 3.05) is 13.7 Å². The lowest BCUT2D eigenvalue weighted by Gasteiger charge is -2.20. The number of H-pyrrole nitrogens is 1. The zero-order valence-corrected chi connectivity index (χ0v) is 12.5. The molecule has 1 aromatic heterocycles. The molecule has 3 N–H and O–H groups in total. The molecule has 3 nitrogen and oxygen atoms in total. The Morgan fingerprint density at radius 3 is 2.47 bits per heavy atom. The number of ether oxygens (including phenoxy) is 1. The molecular weight excluding hydrogens is 236 g/mol. The van der Waals surface area contributed by atoms with Crippen molar-refractivity contribution in [3.63, 3.8) is 0 Å². The Kier molecular flexibility index (Phi) is 3.85. The predicted molar refractivity (Wildman–Crippen MR) is 81.0 cm³/mol. The Bertz CT molecular complexity index is 584. The molecule has 3 heteroatoms. The molecule has 19 heavy (non-hydrogen) atoms. The molecule has 2 rings (SSSR count). The zero-order valence-electron chi connectivity index (χ0n) is 12.5. The summed E-state index contributed by atoms with van der Waals surface area (Å²) in [5.74, 6) is 1.80. The molecule has 1 unspecified atom stereocenters. The molecule has 0 amide bonds. The molecule has 1 heterocycles. The highest BCUT2D eigenvalue weighted by Crippen LogP contribution is 2.37. The van der Waals surface area contributed by atoms with Crippen molar-refractivity contribution in [1.29, 1.82) is 0 Å². The molecular formula is C16H24N2O. The highest BCUT2D eigenvalue weighted by atomic mass is 16.5. The number of hydrogen-bond donors (Lipinski definition) is 2. The summed E-state index contributed by atoms with van der Waals surface area (Å²) in [7, 11) is 1.72. The first-order valence-corrected chi connectivity index (χ1v) is 6.86. The van der Waals surface area contributed by atoms with Crippen LogP contribution in [-0.4, -0.2) is 18.6 Å². The maximum Gasteiger partial charge on any atom is 0.143 e. The summed E-state index contributed by atoms with van der Waals surface area (Å²) in [6.07, 6.45) is 0. The maximum atomic E-state index is 5.99. The van der Waals surface area contributed by atoms with E-state index < -0.39 is 0 Å². The standard InChI is InChI=1S/C16H24N2O/c1-9(2)13(8-17)15-11(4)18-16-12(15)6-10(3)7-14(16)19-5/h6-7,9,13,18H,8,17H2,1-5H3. The molecule has 0 spiro atoms. The van der Waals surface area contributed by atoms with Gasteiger partial charge in [0, 0.05) is 17.0 Å². The minimum Gasteiger partial charge on any atom is -0.495 e. The summed E-state index contributed by atoms with van der Waals surface area (Å²) in [4.78, 5) is 3.46. The van der Waals surface area contributed by atoms with E-state index in [0.29, 0.717) is 18.4 Å². The number of aryl methyl sites for hydroxylation is 2. The van der Waals surface area contributed by atoms with Gasteiger partial charge < -0.3 is 15.5 Å². The predicted octanol–water partition coefficient (Wildman–Crippen LogP) is 3.49. The fourth-order valence-corrected chi connectivity index (χ4v) is 2.91. The number of aromatic nitrogens is 1. The highest BCUT2D eigenvalue weighted by molar-refractivity contribution is 5.90. The second-order valence-corrected chi connectivity index (χ2v) is 5.64. The fourth-order valence-electron chi connectivity index (χ4n) is 2.91. The van der Waals surface area contributed by atoms with E-state index in [1.165, 1.54) is 22.2 Å². The van der Waals surface area contributed by atoms with Crippen LogP contribution in [0.3, 0.4) is 0 Å². The summed E-state index contributed by atoms with van der Waals surface area (Å²) in [5, 5.41) is 1.25. The molecule has 0 radical (unpaired) electrons. The molecule has 0 saturated carbocycles. The quantitative estimate of drug-likeness (QED) is 0.884. The van der Waals surface area contributed by atoms with Crippen LogP contribution < -0.4 is 10.5 Å². The van der Waals surface area contributed by atoms with E-state index in [1.54, 1.807) is 7.11 Å². The summed E-state index contributed by atoms with van der Waals surface area (Å²) in [5.41, 5.74) is 10.8. The van der Waals surface area contributed by atoms with Crippen molar-refractivity contribution in [2.24, 2.45) is 11.7 Å². The third kappa shape index (κ3) is 2.35. The molecule has 1 atom stereocenters. The van der Waals surface area contributed by atoms with Gasteiger partial charge in [-0.25, -0.2) is 0 Å². The smallest absolute Gasteiger partial charge is 0.143 e. The maximum absolute atomic E-state index is 5.99. The number of benzene rings is 1. The molecule has 0 fully saturated rings. The van der Waals surface area contributed by atoms with Crippen LogP contribution >= 0.6 is 0 Å². The van der Waals surface area contributed by atoms with Gasteiger partial charge >= 0.3 is 0 Å². The number of nitrogens with one attached hydrogen (secondary N) is 1. The molecule has 0 bridgehead atoms. The minimum absolute atomic E-state index is 0.375. The fraction of sp³-hybridized carbons (Fsp3) is 0.500. The SMILES string of the molecule is COc1cc(C)cc2c(C(CN)C(C)C)c(C)[nH]c12. The summed E-state index contributed by atoms with van der Waals surface area (Å²) in [6, 6.07) is 4.29. The molecule has 0 aliphatic carbocycles. The van der Waals surface area contributed by atoms with Crippen LogP contribution in [0, 0.1) is 19.8 Å². The number of nitrogens with two attached hydrogens (primary N) is 1. The van der Waals surface area contributed by atoms with Crippen LogP contribution in [0.25, 0.3) is 10.9 Å². The second-order valence-electron chi connectivity index (χ2n) is 5.64. The number of rotatable bonds is 4. The van der Waals surface area contributed by atoms with Crippen LogP contribution in [0.15, 0.2) is 12.1 Å². The Hall–Kier alpha value is -1.48. The van der Waals surface area contributed by atoms with Crippen LogP contribution in [0.1, 0.15) is 36.6 Å². The Balaban J connectivity index is 2.74. The van der Waals surface area contributed by atoms with Gasteiger partial charge in [-0.05, 0) is 49.6 Å². The van der Waals surface area contributed by atoms with E-state index >= 15 is 0 Å². The van der Waals surface area contributed by atoms with E-state index in [4.69, 9.17) is 10.5 Å². The largest absolute Gasteiger partial charge is 0.495 e. The van der Waals surface area contributed by atoms with Crippen LogP contribution in [0.4, 0.5) is 0 Å². The van der Waals surface area contributed by atoms with Crippen molar-refractivity contribution < 1.29 is 4.74 Å². The van der Waals surface area contributed by atoms with E-state index in [9.17, 15) is 0 Å². The topological polar surface area (TPSA) is 51.0 Å². The third-order valence-electron chi connectivity index (χ3n) is 3.90. The lowest BCUT2D eigenvalue weighted by atomic mass is 9.86. The molecule has 1 aromatic carbocycles. The second kappa shape index (κ2) is 5.25. The van der Waals surface area contributed by atoms with E-state index in [0.717, 1.165) is 11.3 Å². The highest BCUT2D eigenvalue weighted by Gasteiger charge is 2.22. The first kappa shape index (κ1) is 13.9. The average Bonchev–Trinajstić information content (AvgIpc) is 2.66. The van der Waals surface area contributed by atoms with Crippen molar-refractivity contribution in [2.45, 2.75) is 33.6 Å². The van der Waals surface area contributed by atoms with Crippen molar-refractivity contribution in [3.8, 4) is 5.75 Å². The zero-order chi connectivity index (χ0) is 14.2. The summed E-state index contributed by atoms with van der Waals surface area (Å²) in [6.45, 7) is 9.34. The van der Waals surface area contributed by atoms with Gasteiger partial charge in [-0.15, -0.1) is 0 Å². The van der Waals surface area contributed by atoms with Gasteiger partial charge in [0.2, 0.25) is 0 Å².